The highest BCUT2D eigenvalue weighted by Gasteiger charge is 2.29. The number of carbonyl (C=O) groups is 1. The molecule has 0 aliphatic carbocycles. The number of hydrogen-bond acceptors (Lipinski definition) is 2. The number of thiol groups is 1. The molecule has 0 saturated carbocycles. The predicted molar refractivity (Wildman–Crippen MR) is 72.6 cm³/mol. The summed E-state index contributed by atoms with van der Waals surface area (Å²) in [6, 6.07) is 7.44. The standard InChI is InChI=1S/C14H19NOS/c1-14(2)8-3-9-15(10-14)13(16)11-4-6-12(17)7-5-11/h4-7,17H,3,8-10H2,1-2H3. The van der Waals surface area contributed by atoms with Crippen LogP contribution < -0.4 is 0 Å². The van der Waals surface area contributed by atoms with Gasteiger partial charge in [0.2, 0.25) is 0 Å². The third-order valence-electron chi connectivity index (χ3n) is 3.30. The Kier molecular flexibility index (Phi) is 3.48. The number of benzene rings is 1. The maximum absolute atomic E-state index is 12.3. The van der Waals surface area contributed by atoms with Crippen LogP contribution in [0.25, 0.3) is 0 Å². The smallest absolute Gasteiger partial charge is 0.253 e. The Morgan fingerprint density at radius 3 is 2.53 bits per heavy atom. The van der Waals surface area contributed by atoms with E-state index in [4.69, 9.17) is 0 Å². The zero-order valence-electron chi connectivity index (χ0n) is 10.4. The fourth-order valence-corrected chi connectivity index (χ4v) is 2.53. The molecule has 0 atom stereocenters. The molecule has 1 heterocycles. The Balaban J connectivity index is 2.12. The lowest BCUT2D eigenvalue weighted by atomic mass is 9.84. The molecule has 1 fully saturated rings. The van der Waals surface area contributed by atoms with Crippen molar-refractivity contribution in [3.05, 3.63) is 29.8 Å². The van der Waals surface area contributed by atoms with Gasteiger partial charge in [-0.25, -0.2) is 0 Å². The van der Waals surface area contributed by atoms with E-state index >= 15 is 0 Å². The van der Waals surface area contributed by atoms with Crippen LogP contribution in [-0.4, -0.2) is 23.9 Å². The summed E-state index contributed by atoms with van der Waals surface area (Å²) in [6.45, 7) is 6.19. The van der Waals surface area contributed by atoms with Crippen molar-refractivity contribution in [2.45, 2.75) is 31.6 Å². The molecule has 1 aliphatic rings. The monoisotopic (exact) mass is 249 g/mol. The van der Waals surface area contributed by atoms with Crippen molar-refractivity contribution in [3.8, 4) is 0 Å². The molecule has 1 amide bonds. The van der Waals surface area contributed by atoms with Crippen molar-refractivity contribution >= 4 is 18.5 Å². The lowest BCUT2D eigenvalue weighted by Gasteiger charge is -2.38. The molecule has 1 saturated heterocycles. The van der Waals surface area contributed by atoms with E-state index in [0.29, 0.717) is 0 Å². The van der Waals surface area contributed by atoms with Gasteiger partial charge >= 0.3 is 0 Å². The van der Waals surface area contributed by atoms with Gasteiger partial charge in [-0.3, -0.25) is 4.79 Å². The van der Waals surface area contributed by atoms with Gasteiger partial charge in [0, 0.05) is 23.5 Å². The summed E-state index contributed by atoms with van der Waals surface area (Å²) >= 11 is 4.23. The van der Waals surface area contributed by atoms with Crippen molar-refractivity contribution in [3.63, 3.8) is 0 Å². The highest BCUT2D eigenvalue weighted by molar-refractivity contribution is 7.80. The van der Waals surface area contributed by atoms with Crippen molar-refractivity contribution in [1.82, 2.24) is 4.90 Å². The van der Waals surface area contributed by atoms with Gasteiger partial charge in [0.1, 0.15) is 0 Å². The first-order chi connectivity index (χ1) is 7.98. The van der Waals surface area contributed by atoms with Crippen LogP contribution in [0.4, 0.5) is 0 Å². The Morgan fingerprint density at radius 1 is 1.29 bits per heavy atom. The van der Waals surface area contributed by atoms with E-state index in [-0.39, 0.29) is 11.3 Å². The van der Waals surface area contributed by atoms with E-state index in [1.165, 1.54) is 6.42 Å². The van der Waals surface area contributed by atoms with Crippen LogP contribution in [0.5, 0.6) is 0 Å². The Hall–Kier alpha value is -0.960. The van der Waals surface area contributed by atoms with E-state index in [2.05, 4.69) is 26.5 Å². The first-order valence-electron chi connectivity index (χ1n) is 6.06. The van der Waals surface area contributed by atoms with E-state index < -0.39 is 0 Å². The van der Waals surface area contributed by atoms with Gasteiger partial charge in [-0.2, -0.15) is 0 Å². The molecule has 2 nitrogen and oxygen atoms in total. The molecule has 0 aromatic heterocycles. The van der Waals surface area contributed by atoms with E-state index in [1.54, 1.807) is 0 Å². The van der Waals surface area contributed by atoms with Crippen LogP contribution in [0.15, 0.2) is 29.2 Å². The van der Waals surface area contributed by atoms with Gasteiger partial charge in [0.25, 0.3) is 5.91 Å². The van der Waals surface area contributed by atoms with Crippen molar-refractivity contribution in [2.24, 2.45) is 5.41 Å². The summed E-state index contributed by atoms with van der Waals surface area (Å²) in [5.41, 5.74) is 1.01. The Labute approximate surface area is 108 Å². The fraction of sp³-hybridized carbons (Fsp3) is 0.500. The van der Waals surface area contributed by atoms with Gasteiger partial charge in [0.15, 0.2) is 0 Å². The van der Waals surface area contributed by atoms with E-state index in [9.17, 15) is 4.79 Å². The summed E-state index contributed by atoms with van der Waals surface area (Å²) in [4.78, 5) is 15.2. The lowest BCUT2D eigenvalue weighted by molar-refractivity contribution is 0.0583. The predicted octanol–water partition coefficient (Wildman–Crippen LogP) is 3.24. The molecule has 2 rings (SSSR count). The maximum Gasteiger partial charge on any atom is 0.253 e. The molecule has 3 heteroatoms. The summed E-state index contributed by atoms with van der Waals surface area (Å²) in [7, 11) is 0. The van der Waals surface area contributed by atoms with Crippen molar-refractivity contribution in [1.29, 1.82) is 0 Å². The number of nitrogens with zero attached hydrogens (tertiary/aromatic N) is 1. The minimum absolute atomic E-state index is 0.145. The molecular formula is C14H19NOS. The van der Waals surface area contributed by atoms with Crippen LogP contribution in [0.2, 0.25) is 0 Å². The molecule has 0 radical (unpaired) electrons. The minimum Gasteiger partial charge on any atom is -0.338 e. The van der Waals surface area contributed by atoms with E-state index in [0.717, 1.165) is 30.0 Å². The minimum atomic E-state index is 0.145. The molecule has 1 aliphatic heterocycles. The average Bonchev–Trinajstić information content (AvgIpc) is 2.28. The quantitative estimate of drug-likeness (QED) is 0.758. The van der Waals surface area contributed by atoms with Gasteiger partial charge in [-0.1, -0.05) is 13.8 Å². The Morgan fingerprint density at radius 2 is 1.94 bits per heavy atom. The summed E-state index contributed by atoms with van der Waals surface area (Å²) < 4.78 is 0. The number of piperidine rings is 1. The third-order valence-corrected chi connectivity index (χ3v) is 3.60. The molecule has 92 valence electrons. The van der Waals surface area contributed by atoms with Crippen molar-refractivity contribution < 1.29 is 4.79 Å². The molecular weight excluding hydrogens is 230 g/mol. The molecule has 0 spiro atoms. The lowest BCUT2D eigenvalue weighted by Crippen LogP contribution is -2.43. The third kappa shape index (κ3) is 3.03. The number of rotatable bonds is 1. The second kappa shape index (κ2) is 4.73. The normalized spacial score (nSPS) is 19.1. The zero-order chi connectivity index (χ0) is 12.5. The number of amides is 1. The molecule has 0 N–H and O–H groups in total. The second-order valence-electron chi connectivity index (χ2n) is 5.54. The summed E-state index contributed by atoms with van der Waals surface area (Å²) in [6.07, 6.45) is 2.30. The van der Waals surface area contributed by atoms with Crippen LogP contribution in [0, 0.1) is 5.41 Å². The molecule has 0 bridgehead atoms. The largest absolute Gasteiger partial charge is 0.338 e. The van der Waals surface area contributed by atoms with Gasteiger partial charge in [-0.05, 0) is 42.5 Å². The first-order valence-corrected chi connectivity index (χ1v) is 6.51. The summed E-state index contributed by atoms with van der Waals surface area (Å²) in [5, 5.41) is 0. The highest BCUT2D eigenvalue weighted by atomic mass is 32.1. The molecule has 17 heavy (non-hydrogen) atoms. The van der Waals surface area contributed by atoms with Crippen LogP contribution in [0.1, 0.15) is 37.0 Å². The average molecular weight is 249 g/mol. The Bertz CT molecular complexity index is 411. The number of likely N-dealkylation sites (tertiary alicyclic amines) is 1. The number of carbonyl (C=O) groups excluding carboxylic acids is 1. The fourth-order valence-electron chi connectivity index (χ4n) is 2.38. The topological polar surface area (TPSA) is 20.3 Å². The van der Waals surface area contributed by atoms with Gasteiger partial charge < -0.3 is 4.90 Å². The summed E-state index contributed by atoms with van der Waals surface area (Å²) in [5.74, 6) is 0.145. The molecule has 1 aromatic rings. The second-order valence-corrected chi connectivity index (χ2v) is 6.06. The number of hydrogen-bond donors (Lipinski definition) is 1. The van der Waals surface area contributed by atoms with E-state index in [1.807, 2.05) is 29.2 Å². The van der Waals surface area contributed by atoms with Gasteiger partial charge in [-0.15, -0.1) is 12.6 Å². The van der Waals surface area contributed by atoms with Crippen LogP contribution in [-0.2, 0) is 0 Å². The van der Waals surface area contributed by atoms with Crippen molar-refractivity contribution in [2.75, 3.05) is 13.1 Å². The highest BCUT2D eigenvalue weighted by Crippen LogP contribution is 2.29. The van der Waals surface area contributed by atoms with Crippen LogP contribution in [0.3, 0.4) is 0 Å². The zero-order valence-corrected chi connectivity index (χ0v) is 11.3. The SMILES string of the molecule is CC1(C)CCCN(C(=O)c2ccc(S)cc2)C1. The van der Waals surface area contributed by atoms with Gasteiger partial charge in [0.05, 0.1) is 0 Å². The molecule has 0 unspecified atom stereocenters. The maximum atomic E-state index is 12.3. The van der Waals surface area contributed by atoms with Crippen LogP contribution >= 0.6 is 12.6 Å². The molecule has 1 aromatic carbocycles. The first kappa shape index (κ1) is 12.5.